The molecule has 0 aliphatic carbocycles. The highest BCUT2D eigenvalue weighted by Gasteiger charge is 2.20. The first-order valence-corrected chi connectivity index (χ1v) is 8.98. The van der Waals surface area contributed by atoms with Gasteiger partial charge in [-0.25, -0.2) is 13.4 Å². The maximum atomic E-state index is 12.2. The minimum atomic E-state index is -3.74. The van der Waals surface area contributed by atoms with E-state index >= 15 is 0 Å². The molecule has 0 spiro atoms. The molecule has 1 heterocycles. The number of hydrogen-bond donors (Lipinski definition) is 1. The second kappa shape index (κ2) is 7.53. The average Bonchev–Trinajstić information content (AvgIpc) is 2.52. The first-order valence-electron chi connectivity index (χ1n) is 6.52. The summed E-state index contributed by atoms with van der Waals surface area (Å²) in [6.45, 7) is 1.87. The van der Waals surface area contributed by atoms with E-state index in [0.717, 1.165) is 10.6 Å². The number of hydrogen-bond acceptors (Lipinski definition) is 5. The normalized spacial score (nSPS) is 12.8. The van der Waals surface area contributed by atoms with Gasteiger partial charge in [0.05, 0.1) is 16.0 Å². The van der Waals surface area contributed by atoms with Gasteiger partial charge < -0.3 is 0 Å². The van der Waals surface area contributed by atoms with Crippen molar-refractivity contribution in [2.24, 2.45) is 0 Å². The molecule has 7 heteroatoms. The Morgan fingerprint density at radius 1 is 1.23 bits per heavy atom. The van der Waals surface area contributed by atoms with Crippen LogP contribution in [0.15, 0.2) is 58.6 Å². The highest BCUT2D eigenvalue weighted by atomic mass is 32.2. The standard InChI is InChI=1S/C15H15N2O3S2/c1-12-5-7-14(8-6-12)22(19,20)17-13(10-18)11-21-15-4-2-3-9-16-15/h2-9,13,17H,11H2,1H3. The number of rotatable bonds is 7. The predicted octanol–water partition coefficient (Wildman–Crippen LogP) is 1.94. The topological polar surface area (TPSA) is 76.1 Å². The molecule has 1 radical (unpaired) electrons. The van der Waals surface area contributed by atoms with E-state index < -0.39 is 16.1 Å². The number of aryl methyl sites for hydroxylation is 1. The predicted molar refractivity (Wildman–Crippen MR) is 85.9 cm³/mol. The number of benzene rings is 1. The van der Waals surface area contributed by atoms with Crippen LogP contribution < -0.4 is 4.72 Å². The first-order chi connectivity index (χ1) is 10.5. The van der Waals surface area contributed by atoms with Crippen LogP contribution in [-0.2, 0) is 14.8 Å². The third kappa shape index (κ3) is 4.66. The molecular weight excluding hydrogens is 320 g/mol. The Labute approximate surface area is 134 Å². The minimum Gasteiger partial charge on any atom is -0.289 e. The molecule has 2 aromatic rings. The Balaban J connectivity index is 2.02. The number of nitrogens with zero attached hydrogens (tertiary/aromatic N) is 1. The molecule has 1 aromatic heterocycles. The molecule has 1 aromatic carbocycles. The Kier molecular flexibility index (Phi) is 5.70. The second-order valence-electron chi connectivity index (χ2n) is 4.58. The number of sulfonamides is 1. The zero-order valence-electron chi connectivity index (χ0n) is 11.9. The molecule has 5 nitrogen and oxygen atoms in total. The summed E-state index contributed by atoms with van der Waals surface area (Å²) in [5.74, 6) is 0.228. The van der Waals surface area contributed by atoms with Crippen molar-refractivity contribution in [2.45, 2.75) is 22.9 Å². The van der Waals surface area contributed by atoms with Crippen molar-refractivity contribution in [3.8, 4) is 0 Å². The van der Waals surface area contributed by atoms with Gasteiger partial charge in [-0.15, -0.1) is 11.8 Å². The molecule has 0 fully saturated rings. The highest BCUT2D eigenvalue weighted by molar-refractivity contribution is 7.99. The maximum absolute atomic E-state index is 12.2. The number of aromatic nitrogens is 1. The van der Waals surface area contributed by atoms with Crippen molar-refractivity contribution < 1.29 is 13.2 Å². The Bertz CT molecular complexity index is 716. The van der Waals surface area contributed by atoms with Crippen LogP contribution >= 0.6 is 11.8 Å². The van der Waals surface area contributed by atoms with Crippen LogP contribution in [0.1, 0.15) is 5.56 Å². The van der Waals surface area contributed by atoms with Crippen molar-refractivity contribution in [1.82, 2.24) is 9.71 Å². The SMILES string of the molecule is Cc1ccc(S(=O)(=O)NC([C]=O)CSc2ccccn2)cc1. The largest absolute Gasteiger partial charge is 0.289 e. The zero-order valence-corrected chi connectivity index (χ0v) is 13.5. The van der Waals surface area contributed by atoms with Crippen LogP contribution in [0.2, 0.25) is 0 Å². The fourth-order valence-electron chi connectivity index (χ4n) is 1.67. The molecule has 0 saturated carbocycles. The zero-order chi connectivity index (χ0) is 16.0. The molecular formula is C15H15N2O3S2. The van der Waals surface area contributed by atoms with Crippen LogP contribution in [0.3, 0.4) is 0 Å². The summed E-state index contributed by atoms with van der Waals surface area (Å²) in [6.07, 6.45) is 3.36. The van der Waals surface area contributed by atoms with Gasteiger partial charge in [-0.1, -0.05) is 23.8 Å². The van der Waals surface area contributed by atoms with Gasteiger partial charge in [0, 0.05) is 11.9 Å². The van der Waals surface area contributed by atoms with E-state index in [1.807, 2.05) is 13.0 Å². The third-order valence-electron chi connectivity index (χ3n) is 2.81. The molecule has 1 N–H and O–H groups in total. The van der Waals surface area contributed by atoms with Gasteiger partial charge in [-0.2, -0.15) is 4.72 Å². The number of pyridine rings is 1. The first kappa shape index (κ1) is 16.7. The lowest BCUT2D eigenvalue weighted by atomic mass is 10.2. The summed E-state index contributed by atoms with van der Waals surface area (Å²) in [7, 11) is -3.74. The number of carbonyl (C=O) groups excluding carboxylic acids is 1. The lowest BCUT2D eigenvalue weighted by Crippen LogP contribution is -2.37. The van der Waals surface area contributed by atoms with Gasteiger partial charge in [0.2, 0.25) is 16.3 Å². The van der Waals surface area contributed by atoms with E-state index in [0.29, 0.717) is 0 Å². The van der Waals surface area contributed by atoms with Crippen molar-refractivity contribution >= 4 is 28.1 Å². The van der Waals surface area contributed by atoms with Crippen molar-refractivity contribution in [3.63, 3.8) is 0 Å². The smallest absolute Gasteiger partial charge is 0.241 e. The van der Waals surface area contributed by atoms with E-state index in [4.69, 9.17) is 0 Å². The van der Waals surface area contributed by atoms with E-state index in [-0.39, 0.29) is 10.6 Å². The van der Waals surface area contributed by atoms with Gasteiger partial charge >= 0.3 is 0 Å². The lowest BCUT2D eigenvalue weighted by molar-refractivity contribution is 0.534. The number of thioether (sulfide) groups is 1. The fourth-order valence-corrected chi connectivity index (χ4v) is 3.71. The van der Waals surface area contributed by atoms with Gasteiger partial charge in [0.15, 0.2) is 0 Å². The summed E-state index contributed by atoms with van der Waals surface area (Å²) in [4.78, 5) is 15.2. The van der Waals surface area contributed by atoms with Crippen LogP contribution in [0.4, 0.5) is 0 Å². The van der Waals surface area contributed by atoms with E-state index in [1.54, 1.807) is 36.7 Å². The molecule has 115 valence electrons. The Morgan fingerprint density at radius 2 is 1.95 bits per heavy atom. The van der Waals surface area contributed by atoms with Crippen LogP contribution in [0, 0.1) is 6.92 Å². The molecule has 0 saturated heterocycles. The minimum absolute atomic E-state index is 0.126. The lowest BCUT2D eigenvalue weighted by Gasteiger charge is -2.12. The molecule has 1 unspecified atom stereocenters. The quantitative estimate of drug-likeness (QED) is 0.783. The molecule has 0 amide bonds. The van der Waals surface area contributed by atoms with Gasteiger partial charge in [0.1, 0.15) is 0 Å². The van der Waals surface area contributed by atoms with Crippen molar-refractivity contribution in [1.29, 1.82) is 0 Å². The van der Waals surface area contributed by atoms with E-state index in [9.17, 15) is 13.2 Å². The van der Waals surface area contributed by atoms with E-state index in [1.165, 1.54) is 23.9 Å². The third-order valence-corrected chi connectivity index (χ3v) is 5.33. The van der Waals surface area contributed by atoms with Crippen molar-refractivity contribution in [3.05, 3.63) is 54.2 Å². The average molecular weight is 335 g/mol. The number of nitrogens with one attached hydrogen (secondary N) is 1. The fraction of sp³-hybridized carbons (Fsp3) is 0.200. The van der Waals surface area contributed by atoms with E-state index in [2.05, 4.69) is 9.71 Å². The molecule has 2 rings (SSSR count). The molecule has 1 atom stereocenters. The summed E-state index contributed by atoms with van der Waals surface area (Å²) in [5, 5.41) is 0.720. The Morgan fingerprint density at radius 3 is 2.55 bits per heavy atom. The molecule has 0 bridgehead atoms. The second-order valence-corrected chi connectivity index (χ2v) is 7.34. The highest BCUT2D eigenvalue weighted by Crippen LogP contribution is 2.16. The van der Waals surface area contributed by atoms with Crippen LogP contribution in [0.25, 0.3) is 0 Å². The summed E-state index contributed by atoms with van der Waals surface area (Å²) in [5.41, 5.74) is 0.961. The molecule has 22 heavy (non-hydrogen) atoms. The van der Waals surface area contributed by atoms with Crippen LogP contribution in [0.5, 0.6) is 0 Å². The summed E-state index contributed by atoms with van der Waals surface area (Å²) >= 11 is 1.29. The van der Waals surface area contributed by atoms with Gasteiger partial charge in [0.25, 0.3) is 0 Å². The summed E-state index contributed by atoms with van der Waals surface area (Å²) in [6, 6.07) is 10.9. The Hall–Kier alpha value is -1.70. The van der Waals surface area contributed by atoms with Gasteiger partial charge in [-0.3, -0.25) is 4.79 Å². The monoisotopic (exact) mass is 335 g/mol. The van der Waals surface area contributed by atoms with Gasteiger partial charge in [-0.05, 0) is 31.2 Å². The summed E-state index contributed by atoms with van der Waals surface area (Å²) < 4.78 is 26.8. The molecule has 0 aliphatic heterocycles. The van der Waals surface area contributed by atoms with Crippen molar-refractivity contribution in [2.75, 3.05) is 5.75 Å². The maximum Gasteiger partial charge on any atom is 0.241 e. The molecule has 0 aliphatic rings. The van der Waals surface area contributed by atoms with Crippen LogP contribution in [-0.4, -0.2) is 31.5 Å².